The van der Waals surface area contributed by atoms with Crippen molar-refractivity contribution >= 4 is 33.5 Å². The molecule has 2 aliphatic heterocycles. The second kappa shape index (κ2) is 10.5. The Bertz CT molecular complexity index is 1540. The molecule has 39 heavy (non-hydrogen) atoms. The zero-order chi connectivity index (χ0) is 27.7. The van der Waals surface area contributed by atoms with E-state index in [1.165, 1.54) is 24.3 Å². The minimum atomic E-state index is -4.37. The average Bonchev–Trinajstić information content (AvgIpc) is 3.50. The van der Waals surface area contributed by atoms with Crippen LogP contribution in [-0.4, -0.2) is 49.9 Å². The number of halogens is 1. The molecule has 3 aromatic rings. The van der Waals surface area contributed by atoms with Crippen LogP contribution >= 0.6 is 0 Å². The highest BCUT2D eigenvalue weighted by molar-refractivity contribution is 7.89. The number of anilines is 1. The van der Waals surface area contributed by atoms with E-state index in [0.717, 1.165) is 33.5 Å². The quantitative estimate of drug-likeness (QED) is 0.308. The van der Waals surface area contributed by atoms with Crippen LogP contribution in [0.25, 0.3) is 0 Å². The lowest BCUT2D eigenvalue weighted by molar-refractivity contribution is -0.122. The Balaban J connectivity index is 1.49. The highest BCUT2D eigenvalue weighted by Crippen LogP contribution is 2.35. The number of carbonyl (C=O) groups is 3. The molecule has 0 aliphatic carbocycles. The monoisotopic (exact) mass is 554 g/mol. The van der Waals surface area contributed by atoms with Crippen LogP contribution in [0, 0.1) is 5.82 Å². The summed E-state index contributed by atoms with van der Waals surface area (Å²) < 4.78 is 57.7. The maximum absolute atomic E-state index is 13.8. The van der Waals surface area contributed by atoms with Crippen molar-refractivity contribution < 1.29 is 41.4 Å². The Labute approximate surface area is 223 Å². The van der Waals surface area contributed by atoms with Crippen molar-refractivity contribution in [3.63, 3.8) is 0 Å². The van der Waals surface area contributed by atoms with Gasteiger partial charge in [0, 0.05) is 6.54 Å². The minimum Gasteiger partial charge on any atom is -0.462 e. The minimum absolute atomic E-state index is 0.0237. The highest BCUT2D eigenvalue weighted by Gasteiger charge is 2.47. The van der Waals surface area contributed by atoms with Crippen molar-refractivity contribution in [1.82, 2.24) is 4.31 Å². The van der Waals surface area contributed by atoms with Gasteiger partial charge in [0.25, 0.3) is 5.91 Å². The molecule has 1 atom stereocenters. The van der Waals surface area contributed by atoms with Crippen LogP contribution in [0.1, 0.15) is 29.3 Å². The van der Waals surface area contributed by atoms with Gasteiger partial charge in [0.2, 0.25) is 22.7 Å². The third kappa shape index (κ3) is 5.08. The molecular formula is C27H23FN2O8S. The first kappa shape index (κ1) is 26.3. The van der Waals surface area contributed by atoms with Gasteiger partial charge >= 0.3 is 5.97 Å². The van der Waals surface area contributed by atoms with Crippen molar-refractivity contribution in [1.29, 1.82) is 0 Å². The molecule has 1 unspecified atom stereocenters. The van der Waals surface area contributed by atoms with Crippen molar-refractivity contribution in [3.8, 4) is 11.5 Å². The van der Waals surface area contributed by atoms with E-state index in [1.807, 2.05) is 0 Å². The lowest BCUT2D eigenvalue weighted by Gasteiger charge is -2.27. The van der Waals surface area contributed by atoms with Crippen LogP contribution in [0.5, 0.6) is 11.5 Å². The molecule has 2 heterocycles. The predicted octanol–water partition coefficient (Wildman–Crippen LogP) is 3.25. The normalized spacial score (nSPS) is 16.7. The summed E-state index contributed by atoms with van der Waals surface area (Å²) in [4.78, 5) is 39.3. The van der Waals surface area contributed by atoms with Gasteiger partial charge < -0.3 is 14.2 Å². The Kier molecular flexibility index (Phi) is 7.06. The number of rotatable bonds is 8. The van der Waals surface area contributed by atoms with Crippen molar-refractivity contribution in [3.05, 3.63) is 83.7 Å². The molecule has 1 fully saturated rings. The van der Waals surface area contributed by atoms with Crippen LogP contribution in [0.15, 0.2) is 71.6 Å². The number of hydrogen-bond acceptors (Lipinski definition) is 8. The number of fused-ring (bicyclic) bond motifs is 1. The molecule has 2 amide bonds. The van der Waals surface area contributed by atoms with Crippen molar-refractivity contribution in [2.75, 3.05) is 18.3 Å². The predicted molar refractivity (Wildman–Crippen MR) is 135 cm³/mol. The maximum atomic E-state index is 13.8. The lowest BCUT2D eigenvalue weighted by atomic mass is 10.1. The van der Waals surface area contributed by atoms with Gasteiger partial charge in [-0.05, 0) is 73.2 Å². The molecule has 202 valence electrons. The van der Waals surface area contributed by atoms with E-state index in [4.69, 9.17) is 14.2 Å². The summed E-state index contributed by atoms with van der Waals surface area (Å²) in [6.07, 6.45) is -0.413. The van der Waals surface area contributed by atoms with Crippen LogP contribution in [-0.2, 0) is 30.9 Å². The fraction of sp³-hybridized carbons (Fsp3) is 0.222. The number of nitrogens with zero attached hydrogens (tertiary/aromatic N) is 2. The first-order chi connectivity index (χ1) is 18.7. The third-order valence-electron chi connectivity index (χ3n) is 6.30. The third-order valence-corrected chi connectivity index (χ3v) is 8.17. The molecule has 0 saturated carbocycles. The van der Waals surface area contributed by atoms with Gasteiger partial charge in [-0.15, -0.1) is 0 Å². The van der Waals surface area contributed by atoms with E-state index in [1.54, 1.807) is 25.1 Å². The van der Waals surface area contributed by atoms with E-state index in [9.17, 15) is 27.2 Å². The molecule has 0 radical (unpaired) electrons. The number of esters is 1. The van der Waals surface area contributed by atoms with Crippen LogP contribution in [0.3, 0.4) is 0 Å². The van der Waals surface area contributed by atoms with Crippen molar-refractivity contribution in [2.45, 2.75) is 30.8 Å². The molecule has 0 aromatic heterocycles. The molecule has 10 nitrogen and oxygen atoms in total. The van der Waals surface area contributed by atoms with Gasteiger partial charge in [-0.3, -0.25) is 9.59 Å². The first-order valence-corrected chi connectivity index (χ1v) is 13.4. The van der Waals surface area contributed by atoms with E-state index in [2.05, 4.69) is 0 Å². The van der Waals surface area contributed by atoms with Crippen LogP contribution < -0.4 is 14.4 Å². The number of imide groups is 1. The van der Waals surface area contributed by atoms with E-state index < -0.39 is 46.1 Å². The molecule has 1 saturated heterocycles. The van der Waals surface area contributed by atoms with Crippen molar-refractivity contribution in [2.24, 2.45) is 0 Å². The summed E-state index contributed by atoms with van der Waals surface area (Å²) in [5, 5.41) is 0. The smallest absolute Gasteiger partial charge is 0.338 e. The van der Waals surface area contributed by atoms with E-state index in [-0.39, 0.29) is 36.1 Å². The second-order valence-corrected chi connectivity index (χ2v) is 10.6. The van der Waals surface area contributed by atoms with Gasteiger partial charge in [0.05, 0.1) is 29.2 Å². The van der Waals surface area contributed by atoms with Gasteiger partial charge in [-0.25, -0.2) is 22.5 Å². The summed E-state index contributed by atoms with van der Waals surface area (Å²) in [5.74, 6) is -1.63. The Morgan fingerprint density at radius 1 is 1.03 bits per heavy atom. The lowest BCUT2D eigenvalue weighted by Crippen LogP contribution is -2.45. The first-order valence-electron chi connectivity index (χ1n) is 12.0. The summed E-state index contributed by atoms with van der Waals surface area (Å²) >= 11 is 0. The SMILES string of the molecule is CCOC(=O)c1ccc(N2C(=O)CC(N(Cc3ccc4c(c3)OCO4)S(=O)(=O)c3ccc(F)cc3)C2=O)cc1. The fourth-order valence-electron chi connectivity index (χ4n) is 4.40. The van der Waals surface area contributed by atoms with Gasteiger partial charge in [-0.2, -0.15) is 4.31 Å². The number of hydrogen-bond donors (Lipinski definition) is 0. The average molecular weight is 555 g/mol. The molecule has 2 aliphatic rings. The largest absolute Gasteiger partial charge is 0.462 e. The van der Waals surface area contributed by atoms with Gasteiger partial charge in [0.15, 0.2) is 11.5 Å². The molecule has 12 heteroatoms. The highest BCUT2D eigenvalue weighted by atomic mass is 32.2. The topological polar surface area (TPSA) is 120 Å². The van der Waals surface area contributed by atoms with E-state index >= 15 is 0 Å². The Morgan fingerprint density at radius 2 is 1.72 bits per heavy atom. The number of amides is 2. The summed E-state index contributed by atoms with van der Waals surface area (Å²) in [6.45, 7) is 1.61. The summed E-state index contributed by atoms with van der Waals surface area (Å²) in [7, 11) is -4.37. The summed E-state index contributed by atoms with van der Waals surface area (Å²) in [6, 6.07) is 13.4. The zero-order valence-corrected chi connectivity index (χ0v) is 21.5. The fourth-order valence-corrected chi connectivity index (χ4v) is 5.97. The zero-order valence-electron chi connectivity index (χ0n) is 20.7. The number of sulfonamides is 1. The standard InChI is InChI=1S/C27H23FN2O8S/c1-2-36-27(33)18-4-8-20(9-5-18)30-25(31)14-22(26(30)32)29(39(34,35)21-10-6-19(28)7-11-21)15-17-3-12-23-24(13-17)38-16-37-23/h3-13,22H,2,14-16H2,1H3. The van der Waals surface area contributed by atoms with Gasteiger partial charge in [-0.1, -0.05) is 6.07 Å². The number of benzene rings is 3. The number of ether oxygens (including phenoxy) is 3. The maximum Gasteiger partial charge on any atom is 0.338 e. The van der Waals surface area contributed by atoms with E-state index in [0.29, 0.717) is 17.1 Å². The van der Waals surface area contributed by atoms with Crippen LogP contribution in [0.2, 0.25) is 0 Å². The molecule has 0 spiro atoms. The molecule has 3 aromatic carbocycles. The van der Waals surface area contributed by atoms with Crippen LogP contribution in [0.4, 0.5) is 10.1 Å². The number of carbonyl (C=O) groups excluding carboxylic acids is 3. The molecule has 0 N–H and O–H groups in total. The second-order valence-electron chi connectivity index (χ2n) is 8.75. The summed E-state index contributed by atoms with van der Waals surface area (Å²) in [5.41, 5.74) is 0.907. The Hall–Kier alpha value is -4.29. The molecule has 5 rings (SSSR count). The molecular weight excluding hydrogens is 531 g/mol. The van der Waals surface area contributed by atoms with Gasteiger partial charge in [0.1, 0.15) is 11.9 Å². The molecule has 0 bridgehead atoms. The Morgan fingerprint density at radius 3 is 2.41 bits per heavy atom.